The maximum atomic E-state index is 12.9. The van der Waals surface area contributed by atoms with Gasteiger partial charge in [0.2, 0.25) is 0 Å². The lowest BCUT2D eigenvalue weighted by Crippen LogP contribution is -2.21. The van der Waals surface area contributed by atoms with Crippen LogP contribution in [0.1, 0.15) is 17.0 Å². The fourth-order valence-corrected chi connectivity index (χ4v) is 2.73. The molecule has 0 saturated heterocycles. The summed E-state index contributed by atoms with van der Waals surface area (Å²) in [5.41, 5.74) is -0.290. The zero-order chi connectivity index (χ0) is 19.2. The Labute approximate surface area is 149 Å². The maximum absolute atomic E-state index is 12.9. The molecule has 138 valence electrons. The molecule has 4 aromatic rings. The lowest BCUT2D eigenvalue weighted by molar-refractivity contribution is -0.137. The molecule has 0 fully saturated rings. The molecule has 7 nitrogen and oxygen atoms in total. The Morgan fingerprint density at radius 2 is 2.04 bits per heavy atom. The first-order valence-electron chi connectivity index (χ1n) is 7.86. The average molecular weight is 375 g/mol. The highest BCUT2D eigenvalue weighted by molar-refractivity contribution is 5.75. The van der Waals surface area contributed by atoms with E-state index in [9.17, 15) is 18.0 Å². The first kappa shape index (κ1) is 17.0. The molecule has 0 bridgehead atoms. The van der Waals surface area contributed by atoms with Crippen LogP contribution in [0.3, 0.4) is 0 Å². The number of aromatic nitrogens is 5. The molecule has 4 rings (SSSR count). The summed E-state index contributed by atoms with van der Waals surface area (Å²) in [6, 6.07) is 6.36. The minimum Gasteiger partial charge on any atom is -0.361 e. The van der Waals surface area contributed by atoms with Gasteiger partial charge in [0, 0.05) is 6.07 Å². The minimum atomic E-state index is -4.48. The quantitative estimate of drug-likeness (QED) is 0.550. The van der Waals surface area contributed by atoms with E-state index in [4.69, 9.17) is 4.52 Å². The SMILES string of the molecule is Cc1cc(Cn2cnc3c(cnn3-c3cccc(C(F)(F)F)c3)c2=O)no1. The van der Waals surface area contributed by atoms with Crippen LogP contribution in [0.15, 0.2) is 52.2 Å². The van der Waals surface area contributed by atoms with Gasteiger partial charge in [0.1, 0.15) is 23.2 Å². The molecule has 10 heteroatoms. The summed E-state index contributed by atoms with van der Waals surface area (Å²) in [5.74, 6) is 0.615. The maximum Gasteiger partial charge on any atom is 0.416 e. The molecule has 0 aliphatic heterocycles. The Balaban J connectivity index is 1.77. The third-order valence-corrected chi connectivity index (χ3v) is 3.98. The van der Waals surface area contributed by atoms with Crippen molar-refractivity contribution in [2.75, 3.05) is 0 Å². The highest BCUT2D eigenvalue weighted by atomic mass is 19.4. The highest BCUT2D eigenvalue weighted by Crippen LogP contribution is 2.30. The largest absolute Gasteiger partial charge is 0.416 e. The molecule has 3 aromatic heterocycles. The van der Waals surface area contributed by atoms with Gasteiger partial charge in [0.25, 0.3) is 5.56 Å². The number of benzene rings is 1. The zero-order valence-corrected chi connectivity index (χ0v) is 13.9. The molecule has 0 saturated carbocycles. The van der Waals surface area contributed by atoms with E-state index >= 15 is 0 Å². The third kappa shape index (κ3) is 3.09. The van der Waals surface area contributed by atoms with Gasteiger partial charge in [-0.1, -0.05) is 11.2 Å². The molecular formula is C17H12F3N5O2. The van der Waals surface area contributed by atoms with Gasteiger partial charge in [-0.05, 0) is 25.1 Å². The summed E-state index contributed by atoms with van der Waals surface area (Å²) in [6.45, 7) is 1.90. The van der Waals surface area contributed by atoms with Crippen molar-refractivity contribution in [2.45, 2.75) is 19.6 Å². The van der Waals surface area contributed by atoms with Crippen molar-refractivity contribution in [3.8, 4) is 5.69 Å². The van der Waals surface area contributed by atoms with E-state index in [2.05, 4.69) is 15.2 Å². The van der Waals surface area contributed by atoms with Gasteiger partial charge >= 0.3 is 6.18 Å². The molecule has 1 aromatic carbocycles. The van der Waals surface area contributed by atoms with Gasteiger partial charge in [0.05, 0.1) is 24.0 Å². The van der Waals surface area contributed by atoms with E-state index in [0.29, 0.717) is 11.5 Å². The zero-order valence-electron chi connectivity index (χ0n) is 13.9. The monoisotopic (exact) mass is 375 g/mol. The van der Waals surface area contributed by atoms with Crippen LogP contribution in [-0.2, 0) is 12.7 Å². The third-order valence-electron chi connectivity index (χ3n) is 3.98. The van der Waals surface area contributed by atoms with Gasteiger partial charge in [-0.2, -0.15) is 18.3 Å². The summed E-state index contributed by atoms with van der Waals surface area (Å²) in [4.78, 5) is 16.8. The van der Waals surface area contributed by atoms with Crippen LogP contribution in [0.5, 0.6) is 0 Å². The summed E-state index contributed by atoms with van der Waals surface area (Å²) in [5, 5.41) is 8.06. The molecule has 0 radical (unpaired) electrons. The van der Waals surface area contributed by atoms with Gasteiger partial charge in [-0.3, -0.25) is 9.36 Å². The van der Waals surface area contributed by atoms with E-state index in [1.54, 1.807) is 13.0 Å². The van der Waals surface area contributed by atoms with Crippen LogP contribution in [-0.4, -0.2) is 24.5 Å². The van der Waals surface area contributed by atoms with Crippen molar-refractivity contribution < 1.29 is 17.7 Å². The normalized spacial score (nSPS) is 12.0. The van der Waals surface area contributed by atoms with Crippen molar-refractivity contribution in [3.63, 3.8) is 0 Å². The van der Waals surface area contributed by atoms with Crippen LogP contribution < -0.4 is 5.56 Å². The second-order valence-electron chi connectivity index (χ2n) is 5.95. The molecule has 0 N–H and O–H groups in total. The molecule has 0 aliphatic rings. The first-order valence-corrected chi connectivity index (χ1v) is 7.86. The predicted octanol–water partition coefficient (Wildman–Crippen LogP) is 2.95. The van der Waals surface area contributed by atoms with Crippen molar-refractivity contribution in [2.24, 2.45) is 0 Å². The second-order valence-corrected chi connectivity index (χ2v) is 5.95. The number of nitrogens with zero attached hydrogens (tertiary/aromatic N) is 5. The Morgan fingerprint density at radius 3 is 2.74 bits per heavy atom. The molecule has 0 unspecified atom stereocenters. The minimum absolute atomic E-state index is 0.161. The van der Waals surface area contributed by atoms with Crippen molar-refractivity contribution in [1.29, 1.82) is 0 Å². The van der Waals surface area contributed by atoms with E-state index in [1.165, 1.54) is 33.9 Å². The number of aryl methyl sites for hydroxylation is 1. The Kier molecular flexibility index (Phi) is 3.83. The summed E-state index contributed by atoms with van der Waals surface area (Å²) < 4.78 is 46.3. The number of halogens is 3. The van der Waals surface area contributed by atoms with Crippen molar-refractivity contribution in [1.82, 2.24) is 24.5 Å². The molecule has 0 spiro atoms. The number of hydrogen-bond donors (Lipinski definition) is 0. The molecule has 3 heterocycles. The first-order chi connectivity index (χ1) is 12.8. The Morgan fingerprint density at radius 1 is 1.22 bits per heavy atom. The summed E-state index contributed by atoms with van der Waals surface area (Å²) in [6.07, 6.45) is -1.88. The number of hydrogen-bond acceptors (Lipinski definition) is 5. The topological polar surface area (TPSA) is 78.7 Å². The average Bonchev–Trinajstić information content (AvgIpc) is 3.23. The van der Waals surface area contributed by atoms with E-state index < -0.39 is 11.7 Å². The molecular weight excluding hydrogens is 363 g/mol. The van der Waals surface area contributed by atoms with Gasteiger partial charge in [-0.15, -0.1) is 0 Å². The van der Waals surface area contributed by atoms with Crippen LogP contribution in [0.25, 0.3) is 16.7 Å². The van der Waals surface area contributed by atoms with Crippen molar-refractivity contribution >= 4 is 11.0 Å². The number of alkyl halides is 3. The Bertz CT molecular complexity index is 1190. The van der Waals surface area contributed by atoms with E-state index in [-0.39, 0.29) is 28.8 Å². The standard InChI is InChI=1S/C17H12F3N5O2/c1-10-5-12(23-27-10)8-24-9-21-15-14(16(24)26)7-22-25(15)13-4-2-3-11(6-13)17(18,19)20/h2-7,9H,8H2,1H3. The van der Waals surface area contributed by atoms with E-state index in [1.807, 2.05) is 0 Å². The molecule has 0 atom stereocenters. The van der Waals surface area contributed by atoms with Crippen molar-refractivity contribution in [3.05, 3.63) is 70.2 Å². The fraction of sp³-hybridized carbons (Fsp3) is 0.176. The van der Waals surface area contributed by atoms with Crippen LogP contribution in [0.4, 0.5) is 13.2 Å². The van der Waals surface area contributed by atoms with Crippen LogP contribution in [0, 0.1) is 6.92 Å². The molecule has 0 amide bonds. The molecule has 0 aliphatic carbocycles. The highest BCUT2D eigenvalue weighted by Gasteiger charge is 2.30. The Hall–Kier alpha value is -3.43. The lowest BCUT2D eigenvalue weighted by atomic mass is 10.2. The van der Waals surface area contributed by atoms with Crippen LogP contribution >= 0.6 is 0 Å². The van der Waals surface area contributed by atoms with Crippen LogP contribution in [0.2, 0.25) is 0 Å². The predicted molar refractivity (Wildman–Crippen MR) is 88.5 cm³/mol. The van der Waals surface area contributed by atoms with E-state index in [0.717, 1.165) is 12.1 Å². The number of rotatable bonds is 3. The summed E-state index contributed by atoms with van der Waals surface area (Å²) >= 11 is 0. The fourth-order valence-electron chi connectivity index (χ4n) is 2.73. The smallest absolute Gasteiger partial charge is 0.361 e. The van der Waals surface area contributed by atoms with Gasteiger partial charge in [-0.25, -0.2) is 9.67 Å². The van der Waals surface area contributed by atoms with Gasteiger partial charge < -0.3 is 4.52 Å². The summed E-state index contributed by atoms with van der Waals surface area (Å²) in [7, 11) is 0. The number of fused-ring (bicyclic) bond motifs is 1. The molecule has 27 heavy (non-hydrogen) atoms. The van der Waals surface area contributed by atoms with Gasteiger partial charge in [0.15, 0.2) is 5.65 Å². The second kappa shape index (κ2) is 6.08. The lowest BCUT2D eigenvalue weighted by Gasteiger charge is -2.09.